The van der Waals surface area contributed by atoms with Crippen LogP contribution in [-0.2, 0) is 12.7 Å². The molecule has 1 fully saturated rings. The van der Waals surface area contributed by atoms with Crippen LogP contribution in [0.4, 0.5) is 26.3 Å². The number of piperazine rings is 1. The van der Waals surface area contributed by atoms with E-state index in [1.54, 1.807) is 0 Å². The maximum absolute atomic E-state index is 12.6. The molecule has 1 saturated heterocycles. The first-order chi connectivity index (χ1) is 12.6. The van der Waals surface area contributed by atoms with Gasteiger partial charge in [-0.2, -0.15) is 26.3 Å². The van der Waals surface area contributed by atoms with Gasteiger partial charge in [0.1, 0.15) is 0 Å². The molecule has 0 amide bonds. The minimum Gasteiger partial charge on any atom is -0.356 e. The van der Waals surface area contributed by atoms with Crippen LogP contribution in [0.25, 0.3) is 0 Å². The summed E-state index contributed by atoms with van der Waals surface area (Å²) in [6.07, 6.45) is -9.49. The third-order valence-corrected chi connectivity index (χ3v) is 4.26. The van der Waals surface area contributed by atoms with E-state index in [0.29, 0.717) is 38.7 Å². The smallest absolute Gasteiger partial charge is 0.356 e. The number of guanidine groups is 1. The van der Waals surface area contributed by atoms with Crippen molar-refractivity contribution in [2.45, 2.75) is 25.3 Å². The van der Waals surface area contributed by atoms with E-state index in [9.17, 15) is 26.3 Å². The van der Waals surface area contributed by atoms with Crippen molar-refractivity contribution in [1.82, 2.24) is 15.1 Å². The van der Waals surface area contributed by atoms with E-state index in [0.717, 1.165) is 17.7 Å². The quantitative estimate of drug-likeness (QED) is 0.280. The van der Waals surface area contributed by atoms with Gasteiger partial charge in [0.15, 0.2) is 5.96 Å². The monoisotopic (exact) mass is 524 g/mol. The Balaban J connectivity index is 0.00000392. The summed E-state index contributed by atoms with van der Waals surface area (Å²) in [5.74, 6) is 0.424. The molecule has 0 aromatic heterocycles. The van der Waals surface area contributed by atoms with E-state index in [-0.39, 0.29) is 30.5 Å². The van der Waals surface area contributed by atoms with E-state index >= 15 is 0 Å². The first-order valence-corrected chi connectivity index (χ1v) is 8.49. The van der Waals surface area contributed by atoms with Crippen LogP contribution < -0.4 is 5.32 Å². The van der Waals surface area contributed by atoms with Gasteiger partial charge in [-0.25, -0.2) is 0 Å². The zero-order valence-electron chi connectivity index (χ0n) is 15.3. The zero-order valence-corrected chi connectivity index (χ0v) is 17.6. The van der Waals surface area contributed by atoms with Crippen molar-refractivity contribution in [2.75, 3.05) is 39.8 Å². The van der Waals surface area contributed by atoms with Crippen molar-refractivity contribution in [3.63, 3.8) is 0 Å². The largest absolute Gasteiger partial charge is 0.416 e. The summed E-state index contributed by atoms with van der Waals surface area (Å²) in [6, 6.07) is 5.07. The molecular formula is C17H23F6IN4. The summed E-state index contributed by atoms with van der Waals surface area (Å²) in [4.78, 5) is 7.97. The summed E-state index contributed by atoms with van der Waals surface area (Å²) >= 11 is 0. The van der Waals surface area contributed by atoms with Crippen LogP contribution in [0.3, 0.4) is 0 Å². The van der Waals surface area contributed by atoms with Gasteiger partial charge >= 0.3 is 12.4 Å². The lowest BCUT2D eigenvalue weighted by atomic mass is 10.1. The molecular weight excluding hydrogens is 501 g/mol. The highest BCUT2D eigenvalue weighted by Crippen LogP contribution is 2.29. The molecule has 0 atom stereocenters. The number of rotatable bonds is 4. The Labute approximate surface area is 177 Å². The SMILES string of the molecule is CN=C(NCCC(F)(F)F)N1CCN(Cc2ccc(C(F)(F)F)cc2)CC1.I. The van der Waals surface area contributed by atoms with Gasteiger partial charge in [-0.1, -0.05) is 12.1 Å². The predicted octanol–water partition coefficient (Wildman–Crippen LogP) is 3.97. The lowest BCUT2D eigenvalue weighted by Gasteiger charge is -2.36. The molecule has 160 valence electrons. The highest BCUT2D eigenvalue weighted by molar-refractivity contribution is 14.0. The molecule has 0 unspecified atom stereocenters. The van der Waals surface area contributed by atoms with Gasteiger partial charge in [0.05, 0.1) is 12.0 Å². The summed E-state index contributed by atoms with van der Waals surface area (Å²) < 4.78 is 74.5. The maximum atomic E-state index is 12.6. The second-order valence-corrected chi connectivity index (χ2v) is 6.30. The molecule has 0 saturated carbocycles. The van der Waals surface area contributed by atoms with Crippen molar-refractivity contribution in [2.24, 2.45) is 4.99 Å². The number of nitrogens with zero attached hydrogens (tertiary/aromatic N) is 3. The fourth-order valence-electron chi connectivity index (χ4n) is 2.82. The molecule has 0 spiro atoms. The number of halogens is 7. The van der Waals surface area contributed by atoms with E-state index in [2.05, 4.69) is 15.2 Å². The van der Waals surface area contributed by atoms with E-state index < -0.39 is 24.3 Å². The van der Waals surface area contributed by atoms with Crippen LogP contribution >= 0.6 is 24.0 Å². The molecule has 1 aromatic carbocycles. The Bertz CT molecular complexity index is 622. The number of hydrogen-bond donors (Lipinski definition) is 1. The van der Waals surface area contributed by atoms with Crippen molar-refractivity contribution in [1.29, 1.82) is 0 Å². The Hall–Kier alpha value is -1.24. The second kappa shape index (κ2) is 10.5. The van der Waals surface area contributed by atoms with Gasteiger partial charge in [-0.3, -0.25) is 9.89 Å². The summed E-state index contributed by atoms with van der Waals surface area (Å²) in [7, 11) is 1.52. The number of aliphatic imine (C=N–C) groups is 1. The molecule has 0 bridgehead atoms. The number of alkyl halides is 6. The minimum absolute atomic E-state index is 0. The normalized spacial score (nSPS) is 16.7. The molecule has 0 radical (unpaired) electrons. The average Bonchev–Trinajstić information content (AvgIpc) is 2.58. The Morgan fingerprint density at radius 1 is 1.00 bits per heavy atom. The van der Waals surface area contributed by atoms with Crippen LogP contribution in [0.15, 0.2) is 29.3 Å². The summed E-state index contributed by atoms with van der Waals surface area (Å²) in [6.45, 7) is 2.72. The average molecular weight is 524 g/mol. The minimum atomic E-state index is -4.35. The first kappa shape index (κ1) is 24.8. The fourth-order valence-corrected chi connectivity index (χ4v) is 2.82. The topological polar surface area (TPSA) is 30.9 Å². The van der Waals surface area contributed by atoms with Crippen molar-refractivity contribution < 1.29 is 26.3 Å². The Morgan fingerprint density at radius 2 is 1.57 bits per heavy atom. The molecule has 4 nitrogen and oxygen atoms in total. The van der Waals surface area contributed by atoms with Crippen LogP contribution in [0.5, 0.6) is 0 Å². The van der Waals surface area contributed by atoms with Gasteiger partial charge < -0.3 is 10.2 Å². The molecule has 1 aromatic rings. The Morgan fingerprint density at radius 3 is 2.04 bits per heavy atom. The number of benzene rings is 1. The highest BCUT2D eigenvalue weighted by Gasteiger charge is 2.30. The fraction of sp³-hybridized carbons (Fsp3) is 0.588. The third-order valence-electron chi connectivity index (χ3n) is 4.26. The zero-order chi connectivity index (χ0) is 20.1. The van der Waals surface area contributed by atoms with Crippen LogP contribution in [0, 0.1) is 0 Å². The van der Waals surface area contributed by atoms with Crippen molar-refractivity contribution in [3.05, 3.63) is 35.4 Å². The summed E-state index contributed by atoms with van der Waals surface area (Å²) in [5, 5.41) is 2.71. The lowest BCUT2D eigenvalue weighted by molar-refractivity contribution is -0.137. The number of hydrogen-bond acceptors (Lipinski definition) is 2. The molecule has 1 aliphatic rings. The summed E-state index contributed by atoms with van der Waals surface area (Å²) in [5.41, 5.74) is 0.105. The highest BCUT2D eigenvalue weighted by atomic mass is 127. The molecule has 11 heteroatoms. The Kier molecular flexibility index (Phi) is 9.31. The van der Waals surface area contributed by atoms with E-state index in [1.165, 1.54) is 19.2 Å². The van der Waals surface area contributed by atoms with Crippen LogP contribution in [-0.4, -0.2) is 61.7 Å². The van der Waals surface area contributed by atoms with E-state index in [4.69, 9.17) is 0 Å². The van der Waals surface area contributed by atoms with Crippen molar-refractivity contribution in [3.8, 4) is 0 Å². The second-order valence-electron chi connectivity index (χ2n) is 6.30. The van der Waals surface area contributed by atoms with Crippen LogP contribution in [0.2, 0.25) is 0 Å². The predicted molar refractivity (Wildman–Crippen MR) is 106 cm³/mol. The maximum Gasteiger partial charge on any atom is 0.416 e. The molecule has 1 N–H and O–H groups in total. The van der Waals surface area contributed by atoms with Gasteiger partial charge in [0.2, 0.25) is 0 Å². The lowest BCUT2D eigenvalue weighted by Crippen LogP contribution is -2.52. The van der Waals surface area contributed by atoms with Gasteiger partial charge in [-0.05, 0) is 17.7 Å². The van der Waals surface area contributed by atoms with Crippen molar-refractivity contribution >= 4 is 29.9 Å². The molecule has 1 aliphatic heterocycles. The van der Waals surface area contributed by atoms with Gasteiger partial charge in [-0.15, -0.1) is 24.0 Å². The molecule has 1 heterocycles. The molecule has 0 aliphatic carbocycles. The van der Waals surface area contributed by atoms with Crippen LogP contribution in [0.1, 0.15) is 17.5 Å². The third kappa shape index (κ3) is 8.02. The first-order valence-electron chi connectivity index (χ1n) is 8.49. The molecule has 28 heavy (non-hydrogen) atoms. The molecule has 2 rings (SSSR count). The standard InChI is InChI=1S/C17H22F6N4.HI/c1-24-15(25-7-6-16(18,19)20)27-10-8-26(9-11-27)12-13-2-4-14(5-3-13)17(21,22)23;/h2-5H,6-12H2,1H3,(H,24,25);1H. The van der Waals surface area contributed by atoms with E-state index in [1.807, 2.05) is 4.90 Å². The van der Waals surface area contributed by atoms with Gasteiger partial charge in [0, 0.05) is 46.3 Å². The van der Waals surface area contributed by atoms with Gasteiger partial charge in [0.25, 0.3) is 0 Å². The number of nitrogens with one attached hydrogen (secondary N) is 1.